The molecule has 0 aliphatic carbocycles. The minimum atomic E-state index is -1.43. The van der Waals surface area contributed by atoms with Crippen LogP contribution in [0.25, 0.3) is 0 Å². The third-order valence-corrected chi connectivity index (χ3v) is 3.32. The first kappa shape index (κ1) is 21.8. The van der Waals surface area contributed by atoms with Gasteiger partial charge in [-0.3, -0.25) is 14.4 Å². The van der Waals surface area contributed by atoms with Crippen LogP contribution >= 0.6 is 0 Å². The van der Waals surface area contributed by atoms with Crippen LogP contribution in [0.15, 0.2) is 0 Å². The molecule has 0 bridgehead atoms. The Hall–Kier alpha value is -2.20. The van der Waals surface area contributed by atoms with Crippen molar-refractivity contribution >= 4 is 23.9 Å². The number of ether oxygens (including phenoxy) is 6. The predicted molar refractivity (Wildman–Crippen MR) is 83.6 cm³/mol. The maximum absolute atomic E-state index is 12.1. The lowest BCUT2D eigenvalue weighted by Gasteiger charge is -2.43. The first-order valence-electron chi connectivity index (χ1n) is 8.07. The van der Waals surface area contributed by atoms with Crippen LogP contribution in [-0.2, 0) is 47.6 Å². The Bertz CT molecular complexity index is 531. The maximum Gasteiger partial charge on any atom is 0.339 e. The summed E-state index contributed by atoms with van der Waals surface area (Å²) in [6, 6.07) is 0. The summed E-state index contributed by atoms with van der Waals surface area (Å²) in [5.74, 6) is -3.04. The molecule has 10 heteroatoms. The third kappa shape index (κ3) is 5.95. The summed E-state index contributed by atoms with van der Waals surface area (Å²) in [6.45, 7) is 5.45. The molecule has 0 aromatic carbocycles. The number of hydrogen-bond donors (Lipinski definition) is 0. The monoisotopic (exact) mass is 376 g/mol. The van der Waals surface area contributed by atoms with Gasteiger partial charge >= 0.3 is 23.9 Å². The number of hydrogen-bond acceptors (Lipinski definition) is 10. The van der Waals surface area contributed by atoms with Crippen molar-refractivity contribution in [1.82, 2.24) is 0 Å². The second-order valence-corrected chi connectivity index (χ2v) is 5.54. The lowest BCUT2D eigenvalue weighted by molar-refractivity contribution is -0.301. The standard InChI is InChI=1S/C16H24O10/c1-6-7-22-16-14(25-10(4)19)12(24-9(3)18)11(23-8(2)17)13(26-16)15(20)21-5/h11-14,16H,6-7H2,1-5H3/t11-,12-,13-,14+,16-/m1/s1. The molecule has 0 saturated carbocycles. The van der Waals surface area contributed by atoms with Crippen molar-refractivity contribution in [1.29, 1.82) is 0 Å². The van der Waals surface area contributed by atoms with Crippen LogP contribution in [0.5, 0.6) is 0 Å². The predicted octanol–water partition coefficient (Wildman–Crippen LogP) is 0.106. The van der Waals surface area contributed by atoms with E-state index in [0.717, 1.165) is 27.9 Å². The maximum atomic E-state index is 12.1. The molecule has 1 heterocycles. The lowest BCUT2D eigenvalue weighted by atomic mass is 9.97. The average molecular weight is 376 g/mol. The SMILES string of the molecule is CCCO[C@@H]1O[C@@H](C(=O)OC)[C@H](OC(C)=O)[C@@H](OC(C)=O)[C@@H]1OC(C)=O. The highest BCUT2D eigenvalue weighted by Crippen LogP contribution is 2.30. The highest BCUT2D eigenvalue weighted by Gasteiger charge is 2.55. The Morgan fingerprint density at radius 3 is 1.81 bits per heavy atom. The van der Waals surface area contributed by atoms with Crippen LogP contribution < -0.4 is 0 Å². The molecule has 10 nitrogen and oxygen atoms in total. The van der Waals surface area contributed by atoms with Gasteiger partial charge in [-0.15, -0.1) is 0 Å². The molecule has 0 spiro atoms. The van der Waals surface area contributed by atoms with Gasteiger partial charge in [0.1, 0.15) is 0 Å². The van der Waals surface area contributed by atoms with Crippen molar-refractivity contribution in [2.75, 3.05) is 13.7 Å². The highest BCUT2D eigenvalue weighted by molar-refractivity contribution is 5.77. The van der Waals surface area contributed by atoms with Crippen LogP contribution in [0.1, 0.15) is 34.1 Å². The number of esters is 4. The summed E-state index contributed by atoms with van der Waals surface area (Å²) in [4.78, 5) is 46.6. The van der Waals surface area contributed by atoms with E-state index in [0.29, 0.717) is 6.42 Å². The second kappa shape index (κ2) is 10.1. The minimum Gasteiger partial charge on any atom is -0.467 e. The lowest BCUT2D eigenvalue weighted by Crippen LogP contribution is -2.63. The van der Waals surface area contributed by atoms with Crippen molar-refractivity contribution in [3.05, 3.63) is 0 Å². The zero-order valence-electron chi connectivity index (χ0n) is 15.4. The van der Waals surface area contributed by atoms with Crippen LogP contribution in [-0.4, -0.2) is 68.3 Å². The molecule has 1 rings (SSSR count). The Balaban J connectivity index is 3.30. The highest BCUT2D eigenvalue weighted by atomic mass is 16.7. The Kier molecular flexibility index (Phi) is 8.46. The summed E-state index contributed by atoms with van der Waals surface area (Å²) >= 11 is 0. The molecular weight excluding hydrogens is 352 g/mol. The fourth-order valence-corrected chi connectivity index (χ4v) is 2.45. The van der Waals surface area contributed by atoms with Gasteiger partial charge in [0, 0.05) is 27.4 Å². The van der Waals surface area contributed by atoms with E-state index in [1.807, 2.05) is 6.92 Å². The minimum absolute atomic E-state index is 0.224. The van der Waals surface area contributed by atoms with E-state index in [1.54, 1.807) is 0 Å². The molecule has 0 aromatic rings. The van der Waals surface area contributed by atoms with E-state index in [2.05, 4.69) is 4.74 Å². The van der Waals surface area contributed by atoms with Crippen molar-refractivity contribution in [3.8, 4) is 0 Å². The summed E-state index contributed by atoms with van der Waals surface area (Å²) in [5.41, 5.74) is 0. The molecule has 1 aliphatic rings. The van der Waals surface area contributed by atoms with Crippen LogP contribution in [0.4, 0.5) is 0 Å². The molecule has 1 saturated heterocycles. The van der Waals surface area contributed by atoms with E-state index in [4.69, 9.17) is 23.7 Å². The zero-order valence-corrected chi connectivity index (χ0v) is 15.4. The van der Waals surface area contributed by atoms with Crippen molar-refractivity contribution < 1.29 is 47.6 Å². The quantitative estimate of drug-likeness (QED) is 0.446. The van der Waals surface area contributed by atoms with Crippen LogP contribution in [0.2, 0.25) is 0 Å². The fourth-order valence-electron chi connectivity index (χ4n) is 2.45. The van der Waals surface area contributed by atoms with Gasteiger partial charge in [0.15, 0.2) is 30.7 Å². The Morgan fingerprint density at radius 1 is 0.846 bits per heavy atom. The van der Waals surface area contributed by atoms with Gasteiger partial charge in [0.25, 0.3) is 0 Å². The largest absolute Gasteiger partial charge is 0.467 e. The third-order valence-electron chi connectivity index (χ3n) is 3.32. The second-order valence-electron chi connectivity index (χ2n) is 5.54. The van der Waals surface area contributed by atoms with Crippen LogP contribution in [0.3, 0.4) is 0 Å². The number of rotatable bonds is 7. The molecule has 0 radical (unpaired) electrons. The fraction of sp³-hybridized carbons (Fsp3) is 0.750. The van der Waals surface area contributed by atoms with Gasteiger partial charge < -0.3 is 28.4 Å². The Morgan fingerprint density at radius 2 is 1.35 bits per heavy atom. The molecule has 0 aromatic heterocycles. The van der Waals surface area contributed by atoms with E-state index >= 15 is 0 Å². The van der Waals surface area contributed by atoms with Crippen molar-refractivity contribution in [3.63, 3.8) is 0 Å². The van der Waals surface area contributed by atoms with Gasteiger partial charge in [-0.2, -0.15) is 0 Å². The number of carbonyl (C=O) groups excluding carboxylic acids is 4. The molecule has 0 amide bonds. The zero-order chi connectivity index (χ0) is 19.9. The average Bonchev–Trinajstić information content (AvgIpc) is 2.55. The molecule has 148 valence electrons. The van der Waals surface area contributed by atoms with E-state index in [9.17, 15) is 19.2 Å². The van der Waals surface area contributed by atoms with Crippen molar-refractivity contribution in [2.45, 2.75) is 64.8 Å². The number of carbonyl (C=O) groups is 4. The van der Waals surface area contributed by atoms with E-state index in [1.165, 1.54) is 0 Å². The molecule has 1 aliphatic heterocycles. The molecular formula is C16H24O10. The van der Waals surface area contributed by atoms with Crippen molar-refractivity contribution in [2.24, 2.45) is 0 Å². The summed E-state index contributed by atoms with van der Waals surface area (Å²) in [5, 5.41) is 0. The van der Waals surface area contributed by atoms with Gasteiger partial charge in [-0.1, -0.05) is 6.92 Å². The first-order valence-corrected chi connectivity index (χ1v) is 8.07. The van der Waals surface area contributed by atoms with E-state index < -0.39 is 54.6 Å². The summed E-state index contributed by atoms with van der Waals surface area (Å²) < 4.78 is 31.2. The summed E-state index contributed by atoms with van der Waals surface area (Å²) in [7, 11) is 1.12. The van der Waals surface area contributed by atoms with Gasteiger partial charge in [-0.25, -0.2) is 4.79 Å². The Labute approximate surface area is 151 Å². The van der Waals surface area contributed by atoms with Crippen LogP contribution in [0, 0.1) is 0 Å². The first-order chi connectivity index (χ1) is 12.2. The smallest absolute Gasteiger partial charge is 0.339 e. The van der Waals surface area contributed by atoms with E-state index in [-0.39, 0.29) is 6.61 Å². The van der Waals surface area contributed by atoms with Gasteiger partial charge in [0.05, 0.1) is 7.11 Å². The topological polar surface area (TPSA) is 124 Å². The number of methoxy groups -OCH3 is 1. The molecule has 26 heavy (non-hydrogen) atoms. The van der Waals surface area contributed by atoms with Gasteiger partial charge in [-0.05, 0) is 6.42 Å². The summed E-state index contributed by atoms with van der Waals surface area (Å²) in [6.07, 6.45) is -5.98. The molecule has 1 fully saturated rings. The molecule has 5 atom stereocenters. The molecule has 0 N–H and O–H groups in total. The molecule has 0 unspecified atom stereocenters. The normalized spacial score (nSPS) is 28.0. The van der Waals surface area contributed by atoms with Gasteiger partial charge in [0.2, 0.25) is 0 Å².